The van der Waals surface area contributed by atoms with Crippen molar-refractivity contribution < 1.29 is 9.31 Å². The number of hydrogen-bond acceptors (Lipinski definition) is 5. The molecule has 2 fully saturated rings. The molecule has 6 heteroatoms. The van der Waals surface area contributed by atoms with Gasteiger partial charge in [-0.25, -0.2) is 9.99 Å². The first-order valence-corrected chi connectivity index (χ1v) is 8.21. The zero-order valence-corrected chi connectivity index (χ0v) is 14.1. The van der Waals surface area contributed by atoms with E-state index in [-0.39, 0.29) is 18.3 Å². The van der Waals surface area contributed by atoms with Gasteiger partial charge >= 0.3 is 7.12 Å². The van der Waals surface area contributed by atoms with Crippen molar-refractivity contribution in [1.29, 1.82) is 0 Å². The first-order chi connectivity index (χ1) is 10.4. The van der Waals surface area contributed by atoms with E-state index < -0.39 is 0 Å². The lowest BCUT2D eigenvalue weighted by Gasteiger charge is -2.32. The number of anilines is 1. The summed E-state index contributed by atoms with van der Waals surface area (Å²) < 4.78 is 12.1. The molecule has 3 heterocycles. The van der Waals surface area contributed by atoms with Gasteiger partial charge in [0.2, 0.25) is 0 Å². The maximum atomic E-state index is 6.05. The van der Waals surface area contributed by atoms with Gasteiger partial charge in [0.1, 0.15) is 5.82 Å². The molecule has 0 spiro atoms. The predicted molar refractivity (Wildman–Crippen MR) is 89.0 cm³/mol. The zero-order valence-electron chi connectivity index (χ0n) is 14.1. The lowest BCUT2D eigenvalue weighted by Crippen LogP contribution is -2.41. The Bertz CT molecular complexity index is 497. The molecule has 0 atom stereocenters. The maximum absolute atomic E-state index is 6.05. The first-order valence-electron chi connectivity index (χ1n) is 8.21. The van der Waals surface area contributed by atoms with Crippen molar-refractivity contribution in [3.05, 3.63) is 18.3 Å². The summed E-state index contributed by atoms with van der Waals surface area (Å²) >= 11 is 0. The monoisotopic (exact) mass is 303 g/mol. The summed E-state index contributed by atoms with van der Waals surface area (Å²) in [6.45, 7) is 10.4. The van der Waals surface area contributed by atoms with E-state index >= 15 is 0 Å². The largest absolute Gasteiger partial charge is 0.496 e. The highest BCUT2D eigenvalue weighted by atomic mass is 16.7. The highest BCUT2D eigenvalue weighted by Gasteiger charge is 2.51. The van der Waals surface area contributed by atoms with Gasteiger partial charge in [0.05, 0.1) is 11.2 Å². The van der Waals surface area contributed by atoms with Gasteiger partial charge in [0.25, 0.3) is 0 Å². The van der Waals surface area contributed by atoms with E-state index in [9.17, 15) is 0 Å². The molecule has 0 saturated carbocycles. The third kappa shape index (κ3) is 3.14. The average molecular weight is 303 g/mol. The Morgan fingerprint density at radius 1 is 1.05 bits per heavy atom. The number of hydrazine groups is 1. The molecule has 1 aromatic heterocycles. The van der Waals surface area contributed by atoms with Crippen LogP contribution in [0.25, 0.3) is 0 Å². The molecule has 2 saturated heterocycles. The standard InChI is InChI=1S/C16H26BN3O2/c1-15(2)16(3,4)22-17(21-15)13-8-9-14(18-12-13)19-20-10-6-5-7-11-20/h8-9,12H,5-7,10-11H2,1-4H3,(H,18,19). The topological polar surface area (TPSA) is 46.6 Å². The molecule has 0 amide bonds. The van der Waals surface area contributed by atoms with Crippen molar-refractivity contribution in [2.75, 3.05) is 18.5 Å². The summed E-state index contributed by atoms with van der Waals surface area (Å²) in [6, 6.07) is 4.02. The SMILES string of the molecule is CC1(C)OB(c2ccc(NN3CCCCC3)nc2)OC1(C)C. The quantitative estimate of drug-likeness (QED) is 0.867. The molecular formula is C16H26BN3O2. The Balaban J connectivity index is 1.65. The Kier molecular flexibility index (Phi) is 4.18. The number of piperidine rings is 1. The number of pyridine rings is 1. The molecule has 0 aromatic carbocycles. The van der Waals surface area contributed by atoms with Gasteiger partial charge < -0.3 is 14.7 Å². The fraction of sp³-hybridized carbons (Fsp3) is 0.688. The fourth-order valence-corrected chi connectivity index (χ4v) is 2.76. The summed E-state index contributed by atoms with van der Waals surface area (Å²) in [6.07, 6.45) is 5.67. The highest BCUT2D eigenvalue weighted by molar-refractivity contribution is 6.62. The molecule has 1 N–H and O–H groups in total. The minimum absolute atomic E-state index is 0.317. The Morgan fingerprint density at radius 2 is 1.68 bits per heavy atom. The van der Waals surface area contributed by atoms with Crippen molar-refractivity contribution >= 4 is 18.4 Å². The normalized spacial score (nSPS) is 24.5. The summed E-state index contributed by atoms with van der Waals surface area (Å²) in [5.74, 6) is 0.877. The Hall–Kier alpha value is -1.11. The molecule has 3 rings (SSSR count). The zero-order chi connectivity index (χ0) is 15.8. The molecular weight excluding hydrogens is 277 g/mol. The van der Waals surface area contributed by atoms with E-state index in [2.05, 4.69) is 43.1 Å². The van der Waals surface area contributed by atoms with Crippen molar-refractivity contribution in [2.24, 2.45) is 0 Å². The van der Waals surface area contributed by atoms with Crippen LogP contribution in [0, 0.1) is 0 Å². The molecule has 2 aliphatic rings. The minimum Gasteiger partial charge on any atom is -0.399 e. The second-order valence-corrected chi connectivity index (χ2v) is 7.22. The molecule has 1 aromatic rings. The molecule has 22 heavy (non-hydrogen) atoms. The summed E-state index contributed by atoms with van der Waals surface area (Å²) in [7, 11) is -0.346. The number of nitrogens with zero attached hydrogens (tertiary/aromatic N) is 2. The maximum Gasteiger partial charge on any atom is 0.496 e. The van der Waals surface area contributed by atoms with Crippen LogP contribution in [0.4, 0.5) is 5.82 Å². The van der Waals surface area contributed by atoms with Gasteiger partial charge in [0.15, 0.2) is 0 Å². The summed E-state index contributed by atoms with van der Waals surface area (Å²) in [4.78, 5) is 4.50. The molecule has 0 unspecified atom stereocenters. The van der Waals surface area contributed by atoms with Crippen LogP contribution < -0.4 is 10.9 Å². The van der Waals surface area contributed by atoms with Crippen molar-refractivity contribution in [3.63, 3.8) is 0 Å². The van der Waals surface area contributed by atoms with Gasteiger partial charge in [0, 0.05) is 24.7 Å². The van der Waals surface area contributed by atoms with Crippen LogP contribution >= 0.6 is 0 Å². The van der Waals surface area contributed by atoms with Crippen LogP contribution in [0.5, 0.6) is 0 Å². The van der Waals surface area contributed by atoms with Gasteiger partial charge in [-0.1, -0.05) is 12.5 Å². The molecule has 0 radical (unpaired) electrons. The van der Waals surface area contributed by atoms with E-state index in [1.807, 2.05) is 18.3 Å². The van der Waals surface area contributed by atoms with Crippen molar-refractivity contribution in [2.45, 2.75) is 58.2 Å². The van der Waals surface area contributed by atoms with Gasteiger partial charge in [-0.15, -0.1) is 0 Å². The van der Waals surface area contributed by atoms with Crippen LogP contribution in [0.1, 0.15) is 47.0 Å². The molecule has 120 valence electrons. The van der Waals surface area contributed by atoms with Crippen LogP contribution in [0.2, 0.25) is 0 Å². The smallest absolute Gasteiger partial charge is 0.399 e. The van der Waals surface area contributed by atoms with E-state index in [4.69, 9.17) is 9.31 Å². The summed E-state index contributed by atoms with van der Waals surface area (Å²) in [5, 5.41) is 2.24. The van der Waals surface area contributed by atoms with Gasteiger partial charge in [-0.2, -0.15) is 0 Å². The Labute approximate surface area is 133 Å². The minimum atomic E-state index is -0.346. The number of rotatable bonds is 3. The lowest BCUT2D eigenvalue weighted by atomic mass is 9.80. The van der Waals surface area contributed by atoms with E-state index in [0.717, 1.165) is 24.4 Å². The average Bonchev–Trinajstić information content (AvgIpc) is 2.69. The molecule has 2 aliphatic heterocycles. The van der Waals surface area contributed by atoms with E-state index in [1.165, 1.54) is 19.3 Å². The predicted octanol–water partition coefficient (Wildman–Crippen LogP) is 2.19. The second-order valence-electron chi connectivity index (χ2n) is 7.22. The van der Waals surface area contributed by atoms with Crippen LogP contribution in [0.15, 0.2) is 18.3 Å². The van der Waals surface area contributed by atoms with Gasteiger partial charge in [-0.3, -0.25) is 0 Å². The van der Waals surface area contributed by atoms with Crippen molar-refractivity contribution in [1.82, 2.24) is 9.99 Å². The number of hydrogen-bond donors (Lipinski definition) is 1. The van der Waals surface area contributed by atoms with E-state index in [1.54, 1.807) is 0 Å². The second kappa shape index (κ2) is 5.83. The van der Waals surface area contributed by atoms with Crippen molar-refractivity contribution in [3.8, 4) is 0 Å². The Morgan fingerprint density at radius 3 is 2.23 bits per heavy atom. The van der Waals surface area contributed by atoms with Crippen LogP contribution in [-0.2, 0) is 9.31 Å². The molecule has 5 nitrogen and oxygen atoms in total. The van der Waals surface area contributed by atoms with E-state index in [0.29, 0.717) is 0 Å². The molecule has 0 bridgehead atoms. The van der Waals surface area contributed by atoms with Gasteiger partial charge in [-0.05, 0) is 46.6 Å². The third-order valence-corrected chi connectivity index (χ3v) is 4.94. The fourth-order valence-electron chi connectivity index (χ4n) is 2.76. The molecule has 0 aliphatic carbocycles. The highest BCUT2D eigenvalue weighted by Crippen LogP contribution is 2.36. The van der Waals surface area contributed by atoms with Crippen LogP contribution in [0.3, 0.4) is 0 Å². The lowest BCUT2D eigenvalue weighted by molar-refractivity contribution is 0.00578. The summed E-state index contributed by atoms with van der Waals surface area (Å²) in [5.41, 5.74) is 3.70. The third-order valence-electron chi connectivity index (χ3n) is 4.94. The number of nitrogens with one attached hydrogen (secondary N) is 1. The van der Waals surface area contributed by atoms with Crippen LogP contribution in [-0.4, -0.2) is 41.4 Å². The first kappa shape index (κ1) is 15.8. The number of aromatic nitrogens is 1.